The standard InChI is InChI=1S/C13H21NO3S2/c1-17-13(11-7-8-18-10-11)9-14-19(15,16)12-5-3-2-4-6-12/h7-8,10,12-14H,2-6,9H2,1H3. The average molecular weight is 303 g/mol. The molecule has 1 aliphatic carbocycles. The molecule has 1 heterocycles. The topological polar surface area (TPSA) is 55.4 Å². The largest absolute Gasteiger partial charge is 0.375 e. The molecule has 1 atom stereocenters. The smallest absolute Gasteiger partial charge is 0.214 e. The number of rotatable bonds is 6. The Bertz CT molecular complexity index is 464. The first kappa shape index (κ1) is 15.0. The number of hydrogen-bond acceptors (Lipinski definition) is 4. The van der Waals surface area contributed by atoms with Crippen molar-refractivity contribution in [1.29, 1.82) is 0 Å². The van der Waals surface area contributed by atoms with Crippen molar-refractivity contribution in [3.63, 3.8) is 0 Å². The highest BCUT2D eigenvalue weighted by Crippen LogP contribution is 2.24. The van der Waals surface area contributed by atoms with Crippen LogP contribution < -0.4 is 4.72 Å². The Morgan fingerprint density at radius 1 is 1.42 bits per heavy atom. The molecule has 0 aliphatic heterocycles. The average Bonchev–Trinajstić information content (AvgIpc) is 2.94. The predicted molar refractivity (Wildman–Crippen MR) is 77.9 cm³/mol. The lowest BCUT2D eigenvalue weighted by molar-refractivity contribution is 0.107. The molecule has 1 aromatic rings. The maximum absolute atomic E-state index is 12.2. The zero-order valence-corrected chi connectivity index (χ0v) is 12.8. The van der Waals surface area contributed by atoms with Gasteiger partial charge in [-0.25, -0.2) is 13.1 Å². The summed E-state index contributed by atoms with van der Waals surface area (Å²) in [7, 11) is -1.60. The zero-order chi connectivity index (χ0) is 13.7. The summed E-state index contributed by atoms with van der Waals surface area (Å²) in [6.45, 7) is 0.312. The number of methoxy groups -OCH3 is 1. The Morgan fingerprint density at radius 3 is 2.74 bits per heavy atom. The maximum atomic E-state index is 12.2. The molecule has 1 fully saturated rings. The van der Waals surface area contributed by atoms with Gasteiger partial charge < -0.3 is 4.74 Å². The fourth-order valence-corrected chi connectivity index (χ4v) is 4.76. The van der Waals surface area contributed by atoms with Gasteiger partial charge in [-0.3, -0.25) is 0 Å². The first-order chi connectivity index (χ1) is 9.13. The summed E-state index contributed by atoms with van der Waals surface area (Å²) >= 11 is 1.59. The van der Waals surface area contributed by atoms with E-state index in [0.717, 1.165) is 37.7 Å². The first-order valence-corrected chi connectivity index (χ1v) is 9.16. The van der Waals surface area contributed by atoms with Crippen LogP contribution in [-0.4, -0.2) is 27.3 Å². The first-order valence-electron chi connectivity index (χ1n) is 6.67. The van der Waals surface area contributed by atoms with Crippen LogP contribution in [0.1, 0.15) is 43.8 Å². The predicted octanol–water partition coefficient (Wildman–Crippen LogP) is 2.69. The number of sulfonamides is 1. The van der Waals surface area contributed by atoms with Crippen molar-refractivity contribution >= 4 is 21.4 Å². The number of thiophene rings is 1. The van der Waals surface area contributed by atoms with Gasteiger partial charge in [0.05, 0.1) is 11.4 Å². The van der Waals surface area contributed by atoms with Crippen LogP contribution in [0.3, 0.4) is 0 Å². The molecule has 1 unspecified atom stereocenters. The quantitative estimate of drug-likeness (QED) is 0.879. The highest BCUT2D eigenvalue weighted by molar-refractivity contribution is 7.90. The highest BCUT2D eigenvalue weighted by atomic mass is 32.2. The molecular formula is C13H21NO3S2. The van der Waals surface area contributed by atoms with Crippen LogP contribution in [0, 0.1) is 0 Å². The van der Waals surface area contributed by atoms with Gasteiger partial charge in [-0.2, -0.15) is 11.3 Å². The Labute approximate surface area is 119 Å². The van der Waals surface area contributed by atoms with Crippen LogP contribution in [0.15, 0.2) is 16.8 Å². The third-order valence-electron chi connectivity index (χ3n) is 3.66. The minimum Gasteiger partial charge on any atom is -0.375 e. The van der Waals surface area contributed by atoms with Crippen LogP contribution in [0.2, 0.25) is 0 Å². The molecular weight excluding hydrogens is 282 g/mol. The van der Waals surface area contributed by atoms with Crippen LogP contribution in [0.4, 0.5) is 0 Å². The lowest BCUT2D eigenvalue weighted by Gasteiger charge is -2.23. The number of nitrogens with one attached hydrogen (secondary N) is 1. The van der Waals surface area contributed by atoms with Crippen LogP contribution in [-0.2, 0) is 14.8 Å². The van der Waals surface area contributed by atoms with Crippen molar-refractivity contribution in [3.05, 3.63) is 22.4 Å². The van der Waals surface area contributed by atoms with E-state index in [9.17, 15) is 8.42 Å². The second kappa shape index (κ2) is 6.83. The van der Waals surface area contributed by atoms with Gasteiger partial charge in [-0.15, -0.1) is 0 Å². The van der Waals surface area contributed by atoms with E-state index in [0.29, 0.717) is 6.54 Å². The summed E-state index contributed by atoms with van der Waals surface area (Å²) in [5.41, 5.74) is 1.03. The summed E-state index contributed by atoms with van der Waals surface area (Å²) in [4.78, 5) is 0. The van der Waals surface area contributed by atoms with Gasteiger partial charge in [0.25, 0.3) is 0 Å². The van der Waals surface area contributed by atoms with E-state index < -0.39 is 10.0 Å². The Morgan fingerprint density at radius 2 is 2.16 bits per heavy atom. The molecule has 0 bridgehead atoms. The van der Waals surface area contributed by atoms with Crippen molar-refractivity contribution < 1.29 is 13.2 Å². The second-order valence-electron chi connectivity index (χ2n) is 4.93. The fraction of sp³-hybridized carbons (Fsp3) is 0.692. The van der Waals surface area contributed by atoms with E-state index >= 15 is 0 Å². The van der Waals surface area contributed by atoms with Crippen molar-refractivity contribution in [2.45, 2.75) is 43.5 Å². The molecule has 0 spiro atoms. The molecule has 0 saturated heterocycles. The normalized spacial score (nSPS) is 19.4. The van der Waals surface area contributed by atoms with Crippen LogP contribution in [0.5, 0.6) is 0 Å². The molecule has 1 aromatic heterocycles. The lowest BCUT2D eigenvalue weighted by Crippen LogP contribution is -2.38. The molecule has 19 heavy (non-hydrogen) atoms. The minimum atomic E-state index is -3.21. The lowest BCUT2D eigenvalue weighted by atomic mass is 10.0. The SMILES string of the molecule is COC(CNS(=O)(=O)C1CCCCC1)c1ccsc1. The summed E-state index contributed by atoms with van der Waals surface area (Å²) in [5, 5.41) is 3.74. The molecule has 0 aromatic carbocycles. The molecule has 0 amide bonds. The van der Waals surface area contributed by atoms with Gasteiger partial charge in [-0.1, -0.05) is 19.3 Å². The van der Waals surface area contributed by atoms with E-state index in [4.69, 9.17) is 4.74 Å². The van der Waals surface area contributed by atoms with Crippen molar-refractivity contribution in [2.75, 3.05) is 13.7 Å². The third kappa shape index (κ3) is 4.02. The van der Waals surface area contributed by atoms with Gasteiger partial charge in [0.1, 0.15) is 0 Å². The van der Waals surface area contributed by atoms with Crippen LogP contribution >= 0.6 is 11.3 Å². The maximum Gasteiger partial charge on any atom is 0.214 e. The Hall–Kier alpha value is -0.430. The van der Waals surface area contributed by atoms with Gasteiger partial charge in [0, 0.05) is 13.7 Å². The third-order valence-corrected chi connectivity index (χ3v) is 6.28. The summed E-state index contributed by atoms with van der Waals surface area (Å²) in [5.74, 6) is 0. The van der Waals surface area contributed by atoms with Crippen molar-refractivity contribution in [3.8, 4) is 0 Å². The molecule has 1 saturated carbocycles. The van der Waals surface area contributed by atoms with E-state index in [-0.39, 0.29) is 11.4 Å². The molecule has 6 heteroatoms. The van der Waals surface area contributed by atoms with Crippen molar-refractivity contribution in [1.82, 2.24) is 4.72 Å². The molecule has 4 nitrogen and oxygen atoms in total. The summed E-state index contributed by atoms with van der Waals surface area (Å²) in [6, 6.07) is 1.97. The van der Waals surface area contributed by atoms with Crippen LogP contribution in [0.25, 0.3) is 0 Å². The minimum absolute atomic E-state index is 0.204. The summed E-state index contributed by atoms with van der Waals surface area (Å²) < 4.78 is 32.5. The van der Waals surface area contributed by atoms with E-state index in [1.807, 2.05) is 16.8 Å². The number of ether oxygens (including phenoxy) is 1. The number of hydrogen-bond donors (Lipinski definition) is 1. The molecule has 2 rings (SSSR count). The molecule has 1 aliphatic rings. The zero-order valence-electron chi connectivity index (χ0n) is 11.2. The molecule has 108 valence electrons. The fourth-order valence-electron chi connectivity index (χ4n) is 2.48. The van der Waals surface area contributed by atoms with Crippen molar-refractivity contribution in [2.24, 2.45) is 0 Å². The van der Waals surface area contributed by atoms with Gasteiger partial charge in [0.2, 0.25) is 10.0 Å². The summed E-state index contributed by atoms with van der Waals surface area (Å²) in [6.07, 6.45) is 4.55. The van der Waals surface area contributed by atoms with Gasteiger partial charge >= 0.3 is 0 Å². The van der Waals surface area contributed by atoms with E-state index in [2.05, 4.69) is 4.72 Å². The second-order valence-corrected chi connectivity index (χ2v) is 7.76. The molecule has 1 N–H and O–H groups in total. The van der Waals surface area contributed by atoms with Gasteiger partial charge in [-0.05, 0) is 35.2 Å². The van der Waals surface area contributed by atoms with Gasteiger partial charge in [0.15, 0.2) is 0 Å². The highest BCUT2D eigenvalue weighted by Gasteiger charge is 2.27. The Balaban J connectivity index is 1.92. The van der Waals surface area contributed by atoms with E-state index in [1.165, 1.54) is 0 Å². The van der Waals surface area contributed by atoms with E-state index in [1.54, 1.807) is 18.4 Å². The molecule has 0 radical (unpaired) electrons. The monoisotopic (exact) mass is 303 g/mol. The Kier molecular flexibility index (Phi) is 5.38.